The van der Waals surface area contributed by atoms with Gasteiger partial charge in [0, 0.05) is 17.3 Å². The minimum Gasteiger partial charge on any atom is -0.330 e. The second kappa shape index (κ2) is 4.67. The number of aryl methyl sites for hydroxylation is 1. The van der Waals surface area contributed by atoms with Crippen LogP contribution in [0.2, 0.25) is 0 Å². The molecule has 1 fully saturated rings. The van der Waals surface area contributed by atoms with Crippen LogP contribution in [0, 0.1) is 0 Å². The quantitative estimate of drug-likeness (QED) is 0.881. The zero-order valence-corrected chi connectivity index (χ0v) is 11.1. The van der Waals surface area contributed by atoms with Gasteiger partial charge in [-0.15, -0.1) is 11.3 Å². The van der Waals surface area contributed by atoms with Gasteiger partial charge in [-0.3, -0.25) is 0 Å². The Morgan fingerprint density at radius 2 is 2.25 bits per heavy atom. The van der Waals surface area contributed by atoms with E-state index in [-0.39, 0.29) is 0 Å². The van der Waals surface area contributed by atoms with Gasteiger partial charge in [-0.05, 0) is 37.9 Å². The van der Waals surface area contributed by atoms with Crippen LogP contribution in [0.15, 0.2) is 0 Å². The van der Waals surface area contributed by atoms with Crippen LogP contribution >= 0.6 is 23.1 Å². The number of aromatic nitrogens is 1. The van der Waals surface area contributed by atoms with Gasteiger partial charge in [0.2, 0.25) is 0 Å². The number of thiazole rings is 1. The van der Waals surface area contributed by atoms with E-state index in [1.807, 2.05) is 11.3 Å². The predicted octanol–water partition coefficient (Wildman–Crippen LogP) is 3.09. The highest BCUT2D eigenvalue weighted by Crippen LogP contribution is 2.44. The van der Waals surface area contributed by atoms with Crippen LogP contribution in [-0.2, 0) is 6.42 Å². The first kappa shape index (κ1) is 11.1. The Labute approximate surface area is 105 Å². The summed E-state index contributed by atoms with van der Waals surface area (Å²) in [4.78, 5) is 6.43. The highest BCUT2D eigenvalue weighted by atomic mass is 32.2. The molecule has 0 aromatic carbocycles. The van der Waals surface area contributed by atoms with Crippen molar-refractivity contribution in [2.75, 3.05) is 12.3 Å². The van der Waals surface area contributed by atoms with Gasteiger partial charge in [-0.1, -0.05) is 0 Å². The Morgan fingerprint density at radius 3 is 3.00 bits per heavy atom. The monoisotopic (exact) mass is 254 g/mol. The topological polar surface area (TPSA) is 38.9 Å². The second-order valence-corrected chi connectivity index (χ2v) is 7.11. The third-order valence-corrected chi connectivity index (χ3v) is 6.36. The van der Waals surface area contributed by atoms with Crippen molar-refractivity contribution in [2.24, 2.45) is 5.73 Å². The van der Waals surface area contributed by atoms with Crippen molar-refractivity contribution in [1.29, 1.82) is 0 Å². The molecule has 1 aliphatic heterocycles. The van der Waals surface area contributed by atoms with Gasteiger partial charge < -0.3 is 5.73 Å². The van der Waals surface area contributed by atoms with E-state index < -0.39 is 0 Å². The number of rotatable bonds is 2. The van der Waals surface area contributed by atoms with Crippen molar-refractivity contribution >= 4 is 23.1 Å². The van der Waals surface area contributed by atoms with Crippen LogP contribution in [-0.4, -0.2) is 17.3 Å². The molecule has 2 unspecified atom stereocenters. The van der Waals surface area contributed by atoms with Crippen molar-refractivity contribution in [3.05, 3.63) is 15.6 Å². The van der Waals surface area contributed by atoms with E-state index in [9.17, 15) is 0 Å². The van der Waals surface area contributed by atoms with Crippen LogP contribution in [0.3, 0.4) is 0 Å². The third-order valence-electron chi connectivity index (χ3n) is 3.58. The highest BCUT2D eigenvalue weighted by Gasteiger charge is 2.27. The maximum atomic E-state index is 5.84. The van der Waals surface area contributed by atoms with Crippen LogP contribution in [0.1, 0.15) is 52.4 Å². The number of nitrogens with two attached hydrogens (primary N) is 1. The van der Waals surface area contributed by atoms with Crippen molar-refractivity contribution in [2.45, 2.75) is 43.3 Å². The molecule has 1 aromatic heterocycles. The summed E-state index contributed by atoms with van der Waals surface area (Å²) in [5.74, 6) is 1.86. The van der Waals surface area contributed by atoms with Crippen molar-refractivity contribution < 1.29 is 0 Å². The first-order valence-electron chi connectivity index (χ1n) is 6.19. The highest BCUT2D eigenvalue weighted by molar-refractivity contribution is 7.99. The Bertz CT molecular complexity index is 369. The number of fused-ring (bicyclic) bond motifs is 1. The van der Waals surface area contributed by atoms with Crippen LogP contribution in [0.4, 0.5) is 0 Å². The molecule has 0 spiro atoms. The SMILES string of the molecule is NCC1CCCc2sc(C3CCCS3)nc21. The van der Waals surface area contributed by atoms with Crippen LogP contribution < -0.4 is 5.73 Å². The molecule has 3 rings (SSSR count). The molecule has 2 aliphatic rings. The smallest absolute Gasteiger partial charge is 0.106 e. The van der Waals surface area contributed by atoms with Crippen molar-refractivity contribution in [3.8, 4) is 0 Å². The third kappa shape index (κ3) is 1.91. The van der Waals surface area contributed by atoms with Crippen LogP contribution in [0.25, 0.3) is 0 Å². The number of nitrogens with zero attached hydrogens (tertiary/aromatic N) is 1. The summed E-state index contributed by atoms with van der Waals surface area (Å²) in [6, 6.07) is 0. The zero-order valence-electron chi connectivity index (χ0n) is 9.45. The predicted molar refractivity (Wildman–Crippen MR) is 71.3 cm³/mol. The molecule has 4 heteroatoms. The lowest BCUT2D eigenvalue weighted by Crippen LogP contribution is -2.17. The second-order valence-electron chi connectivity index (χ2n) is 4.69. The largest absolute Gasteiger partial charge is 0.330 e. The van der Waals surface area contributed by atoms with Gasteiger partial charge in [0.05, 0.1) is 10.9 Å². The van der Waals surface area contributed by atoms with Crippen LogP contribution in [0.5, 0.6) is 0 Å². The molecular weight excluding hydrogens is 236 g/mol. The molecule has 0 radical (unpaired) electrons. The molecular formula is C12H18N2S2. The molecule has 0 saturated carbocycles. The minimum absolute atomic E-state index is 0.542. The summed E-state index contributed by atoms with van der Waals surface area (Å²) < 4.78 is 0. The minimum atomic E-state index is 0.542. The van der Waals surface area contributed by atoms with Gasteiger partial charge in [0.1, 0.15) is 5.01 Å². The molecule has 0 amide bonds. The number of hydrogen-bond donors (Lipinski definition) is 1. The lowest BCUT2D eigenvalue weighted by molar-refractivity contribution is 0.552. The van der Waals surface area contributed by atoms with E-state index in [2.05, 4.69) is 11.8 Å². The average molecular weight is 254 g/mol. The molecule has 2 nitrogen and oxygen atoms in total. The van der Waals surface area contributed by atoms with Crippen molar-refractivity contribution in [3.63, 3.8) is 0 Å². The molecule has 2 atom stereocenters. The average Bonchev–Trinajstić information content (AvgIpc) is 2.96. The first-order valence-corrected chi connectivity index (χ1v) is 8.06. The molecule has 0 bridgehead atoms. The molecule has 16 heavy (non-hydrogen) atoms. The van der Waals surface area contributed by atoms with Crippen molar-refractivity contribution in [1.82, 2.24) is 4.98 Å². The standard InChI is InChI=1S/C12H18N2S2/c13-7-8-3-1-4-9-11(8)14-12(16-9)10-5-2-6-15-10/h8,10H,1-7,13H2. The van der Waals surface area contributed by atoms with Gasteiger partial charge in [-0.2, -0.15) is 11.8 Å². The fourth-order valence-electron chi connectivity index (χ4n) is 2.67. The van der Waals surface area contributed by atoms with E-state index in [1.165, 1.54) is 53.4 Å². The van der Waals surface area contributed by atoms with E-state index in [0.29, 0.717) is 11.2 Å². The van der Waals surface area contributed by atoms with Gasteiger partial charge >= 0.3 is 0 Å². The zero-order chi connectivity index (χ0) is 11.0. The lowest BCUT2D eigenvalue weighted by Gasteiger charge is -2.18. The summed E-state index contributed by atoms with van der Waals surface area (Å²) >= 11 is 4.05. The molecule has 88 valence electrons. The van der Waals surface area contributed by atoms with E-state index in [1.54, 1.807) is 0 Å². The van der Waals surface area contributed by atoms with Gasteiger partial charge in [0.25, 0.3) is 0 Å². The molecule has 2 heterocycles. The van der Waals surface area contributed by atoms with E-state index in [0.717, 1.165) is 6.54 Å². The fourth-order valence-corrected chi connectivity index (χ4v) is 5.37. The number of hydrogen-bond acceptors (Lipinski definition) is 4. The fraction of sp³-hybridized carbons (Fsp3) is 0.750. The summed E-state index contributed by atoms with van der Waals surface area (Å²) in [6.07, 6.45) is 6.46. The van der Waals surface area contributed by atoms with E-state index in [4.69, 9.17) is 10.7 Å². The maximum absolute atomic E-state index is 5.84. The van der Waals surface area contributed by atoms with Gasteiger partial charge in [0.15, 0.2) is 0 Å². The Kier molecular flexibility index (Phi) is 3.22. The lowest BCUT2D eigenvalue weighted by atomic mass is 9.91. The Hall–Kier alpha value is -0.0600. The van der Waals surface area contributed by atoms with E-state index >= 15 is 0 Å². The summed E-state index contributed by atoms with van der Waals surface area (Å²) in [5, 5.41) is 2.07. The first-order chi connectivity index (χ1) is 7.88. The van der Waals surface area contributed by atoms with Gasteiger partial charge in [-0.25, -0.2) is 4.98 Å². The Morgan fingerprint density at radius 1 is 1.31 bits per heavy atom. The summed E-state index contributed by atoms with van der Waals surface area (Å²) in [7, 11) is 0. The molecule has 1 aliphatic carbocycles. The molecule has 1 aromatic rings. The molecule has 1 saturated heterocycles. The summed E-state index contributed by atoms with van der Waals surface area (Å²) in [6.45, 7) is 0.772. The maximum Gasteiger partial charge on any atom is 0.106 e. The number of thioether (sulfide) groups is 1. The summed E-state index contributed by atoms with van der Waals surface area (Å²) in [5.41, 5.74) is 7.19. The normalized spacial score (nSPS) is 29.3. The Balaban J connectivity index is 1.89. The molecule has 2 N–H and O–H groups in total.